The van der Waals surface area contributed by atoms with Crippen molar-refractivity contribution in [1.82, 2.24) is 20.1 Å². The lowest BCUT2D eigenvalue weighted by atomic mass is 10.3. The van der Waals surface area contributed by atoms with E-state index in [-0.39, 0.29) is 25.5 Å². The Morgan fingerprint density at radius 3 is 2.96 bits per heavy atom. The van der Waals surface area contributed by atoms with Crippen LogP contribution < -0.4 is 5.32 Å². The van der Waals surface area contributed by atoms with Gasteiger partial charge in [-0.25, -0.2) is 0 Å². The number of rotatable bonds is 8. The number of amides is 1. The maximum absolute atomic E-state index is 11.9. The molecule has 24 heavy (non-hydrogen) atoms. The first-order chi connectivity index (χ1) is 11.4. The lowest BCUT2D eigenvalue weighted by molar-refractivity contribution is -0.173. The van der Waals surface area contributed by atoms with Crippen molar-refractivity contribution < 1.29 is 22.7 Å². The van der Waals surface area contributed by atoms with Gasteiger partial charge in [-0.3, -0.25) is 14.5 Å². The number of nitrogens with zero attached hydrogens (tertiary/aromatic N) is 2. The molecule has 2 rings (SSSR count). The number of hydrogen-bond acceptors (Lipinski definition) is 5. The van der Waals surface area contributed by atoms with Gasteiger partial charge in [-0.1, -0.05) is 6.07 Å². The minimum Gasteiger partial charge on any atom is -0.370 e. The lowest BCUT2D eigenvalue weighted by Crippen LogP contribution is -2.29. The van der Waals surface area contributed by atoms with Gasteiger partial charge in [0.25, 0.3) is 0 Å². The number of carbonyl (C=O) groups is 1. The molecule has 0 aromatic carbocycles. The number of H-pyrrole nitrogens is 1. The van der Waals surface area contributed by atoms with Crippen molar-refractivity contribution in [2.24, 2.45) is 0 Å². The molecule has 0 radical (unpaired) electrons. The summed E-state index contributed by atoms with van der Waals surface area (Å²) in [6, 6.07) is 3.78. The Kier molecular flexibility index (Phi) is 6.52. The van der Waals surface area contributed by atoms with Crippen LogP contribution in [-0.2, 0) is 16.1 Å². The Bertz CT molecular complexity index is 710. The van der Waals surface area contributed by atoms with Gasteiger partial charge in [-0.15, -0.1) is 11.3 Å². The first-order valence-electron chi connectivity index (χ1n) is 6.97. The van der Waals surface area contributed by atoms with E-state index < -0.39 is 12.8 Å². The SMILES string of the molecule is O=C(CCn1c(-c2cccs2)n[nH]c1=S)NCCOCC(F)(F)F. The average molecular weight is 380 g/mol. The second-order valence-electron chi connectivity index (χ2n) is 4.75. The van der Waals surface area contributed by atoms with Gasteiger partial charge in [0.05, 0.1) is 11.5 Å². The molecule has 2 N–H and O–H groups in total. The van der Waals surface area contributed by atoms with Crippen LogP contribution in [0.2, 0.25) is 0 Å². The number of halogens is 3. The standard InChI is InChI=1S/C13H15F3N4O2S2/c14-13(15,16)8-22-6-4-17-10(21)3-5-20-11(18-19-12(20)23)9-2-1-7-24-9/h1-2,7H,3-6,8H2,(H,17,21)(H,19,23). The Hall–Kier alpha value is -1.72. The molecule has 0 saturated heterocycles. The quantitative estimate of drug-likeness (QED) is 0.546. The minimum absolute atomic E-state index is 0.0173. The van der Waals surface area contributed by atoms with Gasteiger partial charge in [0.15, 0.2) is 10.6 Å². The summed E-state index contributed by atoms with van der Waals surface area (Å²) in [5.41, 5.74) is 0. The van der Waals surface area contributed by atoms with Crippen LogP contribution in [0, 0.1) is 4.77 Å². The normalized spacial score (nSPS) is 11.6. The van der Waals surface area contributed by atoms with Crippen LogP contribution in [0.25, 0.3) is 10.7 Å². The monoisotopic (exact) mass is 380 g/mol. The summed E-state index contributed by atoms with van der Waals surface area (Å²) in [7, 11) is 0. The van der Waals surface area contributed by atoms with E-state index in [1.165, 1.54) is 11.3 Å². The van der Waals surface area contributed by atoms with Gasteiger partial charge >= 0.3 is 6.18 Å². The highest BCUT2D eigenvalue weighted by molar-refractivity contribution is 7.71. The fraction of sp³-hybridized carbons (Fsp3) is 0.462. The van der Waals surface area contributed by atoms with Gasteiger partial charge in [0, 0.05) is 19.5 Å². The van der Waals surface area contributed by atoms with Crippen LogP contribution in [-0.4, -0.2) is 46.6 Å². The number of nitrogens with one attached hydrogen (secondary N) is 2. The number of aromatic nitrogens is 3. The largest absolute Gasteiger partial charge is 0.411 e. The number of ether oxygens (including phenoxy) is 1. The predicted molar refractivity (Wildman–Crippen MR) is 85.2 cm³/mol. The summed E-state index contributed by atoms with van der Waals surface area (Å²) < 4.78 is 42.2. The van der Waals surface area contributed by atoms with E-state index in [1.807, 2.05) is 17.5 Å². The maximum atomic E-state index is 11.9. The molecule has 6 nitrogen and oxygen atoms in total. The molecule has 0 unspecified atom stereocenters. The van der Waals surface area contributed by atoms with Crippen LogP contribution in [0.5, 0.6) is 0 Å². The molecule has 0 saturated carbocycles. The Morgan fingerprint density at radius 1 is 1.50 bits per heavy atom. The van der Waals surface area contributed by atoms with Crippen molar-refractivity contribution in [3.05, 3.63) is 22.3 Å². The van der Waals surface area contributed by atoms with E-state index in [1.54, 1.807) is 4.57 Å². The smallest absolute Gasteiger partial charge is 0.370 e. The van der Waals surface area contributed by atoms with Crippen LogP contribution in [0.3, 0.4) is 0 Å². The summed E-state index contributed by atoms with van der Waals surface area (Å²) in [5, 5.41) is 11.2. The molecule has 0 atom stereocenters. The van der Waals surface area contributed by atoms with Crippen LogP contribution in [0.1, 0.15) is 6.42 Å². The molecule has 2 heterocycles. The van der Waals surface area contributed by atoms with Gasteiger partial charge in [0.2, 0.25) is 5.91 Å². The molecular weight excluding hydrogens is 365 g/mol. The van der Waals surface area contributed by atoms with Crippen molar-refractivity contribution >= 4 is 29.5 Å². The molecule has 132 valence electrons. The summed E-state index contributed by atoms with van der Waals surface area (Å²) in [4.78, 5) is 12.7. The molecule has 1 amide bonds. The first kappa shape index (κ1) is 18.6. The minimum atomic E-state index is -4.36. The summed E-state index contributed by atoms with van der Waals surface area (Å²) >= 11 is 6.65. The van der Waals surface area contributed by atoms with Crippen molar-refractivity contribution in [3.63, 3.8) is 0 Å². The Labute approximate surface area is 144 Å². The lowest BCUT2D eigenvalue weighted by Gasteiger charge is -2.09. The zero-order valence-electron chi connectivity index (χ0n) is 12.4. The molecule has 0 aliphatic carbocycles. The van der Waals surface area contributed by atoms with Crippen molar-refractivity contribution in [2.45, 2.75) is 19.1 Å². The molecule has 11 heteroatoms. The second-order valence-corrected chi connectivity index (χ2v) is 6.08. The zero-order chi connectivity index (χ0) is 17.6. The van der Waals surface area contributed by atoms with Gasteiger partial charge < -0.3 is 10.1 Å². The third-order valence-corrected chi connectivity index (χ3v) is 4.07. The third-order valence-electron chi connectivity index (χ3n) is 2.90. The number of carbonyl (C=O) groups excluding carboxylic acids is 1. The van der Waals surface area contributed by atoms with E-state index in [2.05, 4.69) is 20.3 Å². The van der Waals surface area contributed by atoms with E-state index >= 15 is 0 Å². The second kappa shape index (κ2) is 8.40. The molecule has 0 aliphatic heterocycles. The molecule has 2 aromatic heterocycles. The van der Waals surface area contributed by atoms with Crippen LogP contribution >= 0.6 is 23.6 Å². The topological polar surface area (TPSA) is 71.9 Å². The fourth-order valence-electron chi connectivity index (χ4n) is 1.87. The van der Waals surface area contributed by atoms with E-state index in [4.69, 9.17) is 12.2 Å². The van der Waals surface area contributed by atoms with Crippen molar-refractivity contribution in [1.29, 1.82) is 0 Å². The van der Waals surface area contributed by atoms with Gasteiger partial charge in [-0.05, 0) is 23.7 Å². The van der Waals surface area contributed by atoms with Gasteiger partial charge in [0.1, 0.15) is 6.61 Å². The molecule has 0 spiro atoms. The highest BCUT2D eigenvalue weighted by Gasteiger charge is 2.27. The molecule has 2 aromatic rings. The predicted octanol–water partition coefficient (Wildman–Crippen LogP) is 2.75. The van der Waals surface area contributed by atoms with E-state index in [0.717, 1.165) is 4.88 Å². The summed E-state index contributed by atoms with van der Waals surface area (Å²) in [6.45, 7) is -1.19. The van der Waals surface area contributed by atoms with Crippen LogP contribution in [0.4, 0.5) is 13.2 Å². The zero-order valence-corrected chi connectivity index (χ0v) is 14.1. The average Bonchev–Trinajstić information content (AvgIpc) is 3.13. The summed E-state index contributed by atoms with van der Waals surface area (Å²) in [5.74, 6) is 0.349. The number of hydrogen-bond donors (Lipinski definition) is 2. The number of alkyl halides is 3. The third kappa shape index (κ3) is 5.73. The Morgan fingerprint density at radius 2 is 2.29 bits per heavy atom. The molecule has 0 bridgehead atoms. The van der Waals surface area contributed by atoms with Gasteiger partial charge in [-0.2, -0.15) is 18.3 Å². The van der Waals surface area contributed by atoms with E-state index in [9.17, 15) is 18.0 Å². The Balaban J connectivity index is 1.77. The number of thiophene rings is 1. The fourth-order valence-corrected chi connectivity index (χ4v) is 2.82. The maximum Gasteiger partial charge on any atom is 0.411 e. The summed E-state index contributed by atoms with van der Waals surface area (Å²) in [6.07, 6.45) is -4.23. The highest BCUT2D eigenvalue weighted by atomic mass is 32.1. The molecular formula is C13H15F3N4O2S2. The van der Waals surface area contributed by atoms with Crippen molar-refractivity contribution in [2.75, 3.05) is 19.8 Å². The molecule has 0 fully saturated rings. The number of aromatic amines is 1. The highest BCUT2D eigenvalue weighted by Crippen LogP contribution is 2.22. The molecule has 0 aliphatic rings. The van der Waals surface area contributed by atoms with Crippen LogP contribution in [0.15, 0.2) is 17.5 Å². The van der Waals surface area contributed by atoms with E-state index in [0.29, 0.717) is 17.1 Å². The first-order valence-corrected chi connectivity index (χ1v) is 8.26. The van der Waals surface area contributed by atoms with Crippen molar-refractivity contribution in [3.8, 4) is 10.7 Å².